The quantitative estimate of drug-likeness (QED) is 0.861. The summed E-state index contributed by atoms with van der Waals surface area (Å²) >= 11 is 0. The van der Waals surface area contributed by atoms with E-state index in [1.54, 1.807) is 12.1 Å². The summed E-state index contributed by atoms with van der Waals surface area (Å²) in [4.78, 5) is 4.98. The molecule has 1 fully saturated rings. The Labute approximate surface area is 138 Å². The van der Waals surface area contributed by atoms with Gasteiger partial charge in [0.05, 0.1) is 10.6 Å². The van der Waals surface area contributed by atoms with Crippen molar-refractivity contribution in [1.29, 1.82) is 0 Å². The molecule has 1 unspecified atom stereocenters. The Morgan fingerprint density at radius 3 is 2.35 bits per heavy atom. The van der Waals surface area contributed by atoms with E-state index in [0.717, 1.165) is 37.0 Å². The van der Waals surface area contributed by atoms with E-state index in [9.17, 15) is 8.42 Å². The molecule has 23 heavy (non-hydrogen) atoms. The topological polar surface area (TPSA) is 40.6 Å². The molecule has 0 radical (unpaired) electrons. The van der Waals surface area contributed by atoms with Crippen LogP contribution in [0.1, 0.15) is 6.92 Å². The number of likely N-dealkylation sites (N-methyl/N-ethyl adjacent to an activating group) is 1. The molecule has 2 aromatic carbocycles. The minimum absolute atomic E-state index is 0.0418. The molecule has 1 atom stereocenters. The summed E-state index contributed by atoms with van der Waals surface area (Å²) < 4.78 is 25.5. The van der Waals surface area contributed by atoms with Gasteiger partial charge in [-0.1, -0.05) is 30.3 Å². The molecule has 1 heterocycles. The summed E-state index contributed by atoms with van der Waals surface area (Å²) in [6.07, 6.45) is 0. The van der Waals surface area contributed by atoms with E-state index in [-0.39, 0.29) is 11.8 Å². The summed E-state index contributed by atoms with van der Waals surface area (Å²) in [5.74, 6) is 0.176. The van der Waals surface area contributed by atoms with E-state index < -0.39 is 9.84 Å². The molecule has 0 spiro atoms. The average Bonchev–Trinajstić information content (AvgIpc) is 2.54. The number of benzene rings is 2. The maximum absolute atomic E-state index is 12.8. The minimum atomic E-state index is -3.27. The van der Waals surface area contributed by atoms with E-state index in [2.05, 4.69) is 16.8 Å². The molecule has 0 N–H and O–H groups in total. The molecule has 4 nitrogen and oxygen atoms in total. The summed E-state index contributed by atoms with van der Waals surface area (Å²) in [6.45, 7) is 5.89. The van der Waals surface area contributed by atoms with Crippen molar-refractivity contribution in [3.63, 3.8) is 0 Å². The van der Waals surface area contributed by atoms with Gasteiger partial charge in [0, 0.05) is 32.2 Å². The summed E-state index contributed by atoms with van der Waals surface area (Å²) in [6, 6.07) is 13.3. The van der Waals surface area contributed by atoms with Crippen molar-refractivity contribution < 1.29 is 8.42 Å². The zero-order chi connectivity index (χ0) is 16.4. The third-order valence-electron chi connectivity index (χ3n) is 4.70. The van der Waals surface area contributed by atoms with Crippen molar-refractivity contribution in [2.75, 3.05) is 39.0 Å². The van der Waals surface area contributed by atoms with Crippen LogP contribution in [0, 0.1) is 0 Å². The van der Waals surface area contributed by atoms with Crippen molar-refractivity contribution in [2.45, 2.75) is 17.9 Å². The average molecular weight is 332 g/mol. The zero-order valence-corrected chi connectivity index (χ0v) is 14.6. The molecule has 0 aliphatic carbocycles. The summed E-state index contributed by atoms with van der Waals surface area (Å²) in [5.41, 5.74) is 0. The predicted molar refractivity (Wildman–Crippen MR) is 94.5 cm³/mol. The Kier molecular flexibility index (Phi) is 4.71. The monoisotopic (exact) mass is 332 g/mol. The van der Waals surface area contributed by atoms with Gasteiger partial charge in [0.1, 0.15) is 0 Å². The molecule has 5 heteroatoms. The molecule has 0 saturated carbocycles. The van der Waals surface area contributed by atoms with Gasteiger partial charge in [0.15, 0.2) is 9.84 Å². The Balaban J connectivity index is 1.77. The van der Waals surface area contributed by atoms with Crippen molar-refractivity contribution in [3.8, 4) is 0 Å². The van der Waals surface area contributed by atoms with Crippen LogP contribution >= 0.6 is 0 Å². The molecular weight excluding hydrogens is 308 g/mol. The summed E-state index contributed by atoms with van der Waals surface area (Å²) in [7, 11) is -1.16. The van der Waals surface area contributed by atoms with Crippen LogP contribution < -0.4 is 0 Å². The molecule has 2 aromatic rings. The fourth-order valence-corrected chi connectivity index (χ4v) is 4.76. The van der Waals surface area contributed by atoms with E-state index in [4.69, 9.17) is 0 Å². The third kappa shape index (κ3) is 3.74. The van der Waals surface area contributed by atoms with E-state index in [0.29, 0.717) is 4.90 Å². The van der Waals surface area contributed by atoms with Gasteiger partial charge in [-0.15, -0.1) is 0 Å². The van der Waals surface area contributed by atoms with Crippen molar-refractivity contribution in [2.24, 2.45) is 0 Å². The molecule has 124 valence electrons. The lowest BCUT2D eigenvalue weighted by Gasteiger charge is -2.36. The van der Waals surface area contributed by atoms with Crippen molar-refractivity contribution >= 4 is 20.6 Å². The number of hydrogen-bond donors (Lipinski definition) is 0. The summed E-state index contributed by atoms with van der Waals surface area (Å²) in [5, 5.41) is 2.04. The maximum atomic E-state index is 12.8. The number of piperazine rings is 1. The first kappa shape index (κ1) is 16.4. The molecule has 0 amide bonds. The molecule has 3 rings (SSSR count). The Morgan fingerprint density at radius 2 is 1.65 bits per heavy atom. The van der Waals surface area contributed by atoms with E-state index >= 15 is 0 Å². The number of hydrogen-bond acceptors (Lipinski definition) is 4. The first-order valence-electron chi connectivity index (χ1n) is 8.10. The zero-order valence-electron chi connectivity index (χ0n) is 13.8. The van der Waals surface area contributed by atoms with Gasteiger partial charge in [-0.25, -0.2) is 8.42 Å². The van der Waals surface area contributed by atoms with Gasteiger partial charge in [-0.2, -0.15) is 0 Å². The number of nitrogens with zero attached hydrogens (tertiary/aromatic N) is 2. The van der Waals surface area contributed by atoms with Crippen LogP contribution in [-0.4, -0.2) is 63.2 Å². The first-order valence-corrected chi connectivity index (χ1v) is 9.75. The van der Waals surface area contributed by atoms with E-state index in [1.165, 1.54) is 0 Å². The van der Waals surface area contributed by atoms with Gasteiger partial charge in [0.25, 0.3) is 0 Å². The Bertz CT molecular complexity index is 780. The second-order valence-electron chi connectivity index (χ2n) is 6.48. The maximum Gasteiger partial charge on any atom is 0.179 e. The fourth-order valence-electron chi connectivity index (χ4n) is 3.14. The highest BCUT2D eigenvalue weighted by Crippen LogP contribution is 2.21. The lowest BCUT2D eigenvalue weighted by Crippen LogP contribution is -2.49. The van der Waals surface area contributed by atoms with Crippen molar-refractivity contribution in [3.05, 3.63) is 42.5 Å². The van der Waals surface area contributed by atoms with Crippen LogP contribution in [0.25, 0.3) is 10.8 Å². The number of sulfone groups is 1. The third-order valence-corrected chi connectivity index (χ3v) is 6.60. The fraction of sp³-hybridized carbons (Fsp3) is 0.444. The molecule has 0 bridgehead atoms. The van der Waals surface area contributed by atoms with Crippen LogP contribution in [0.5, 0.6) is 0 Å². The van der Waals surface area contributed by atoms with Gasteiger partial charge < -0.3 is 4.90 Å². The van der Waals surface area contributed by atoms with E-state index in [1.807, 2.05) is 37.3 Å². The lowest BCUT2D eigenvalue weighted by molar-refractivity contribution is 0.127. The number of fused-ring (bicyclic) bond motifs is 1. The Morgan fingerprint density at radius 1 is 1.00 bits per heavy atom. The highest BCUT2D eigenvalue weighted by Gasteiger charge is 2.25. The molecule has 1 saturated heterocycles. The van der Waals surface area contributed by atoms with Crippen LogP contribution in [-0.2, 0) is 9.84 Å². The molecule has 0 aromatic heterocycles. The smallest absolute Gasteiger partial charge is 0.179 e. The Hall–Kier alpha value is -1.43. The standard InChI is InChI=1S/C18H24N2O2S/c1-15(20-11-9-19(2)10-12-20)14-23(21,22)18-8-7-16-5-3-4-6-17(16)13-18/h3-8,13,15H,9-12,14H2,1-2H3. The van der Waals surface area contributed by atoms with Crippen LogP contribution in [0.3, 0.4) is 0 Å². The van der Waals surface area contributed by atoms with Crippen LogP contribution in [0.15, 0.2) is 47.4 Å². The SMILES string of the molecule is CC(CS(=O)(=O)c1ccc2ccccc2c1)N1CCN(C)CC1. The van der Waals surface area contributed by atoms with Gasteiger partial charge in [-0.05, 0) is 36.9 Å². The number of rotatable bonds is 4. The molecular formula is C18H24N2O2S. The lowest BCUT2D eigenvalue weighted by atomic mass is 10.1. The van der Waals surface area contributed by atoms with Crippen LogP contribution in [0.2, 0.25) is 0 Å². The predicted octanol–water partition coefficient (Wildman–Crippen LogP) is 2.25. The minimum Gasteiger partial charge on any atom is -0.304 e. The van der Waals surface area contributed by atoms with Gasteiger partial charge in [-0.3, -0.25) is 4.90 Å². The molecule has 1 aliphatic rings. The largest absolute Gasteiger partial charge is 0.304 e. The van der Waals surface area contributed by atoms with Crippen molar-refractivity contribution in [1.82, 2.24) is 9.80 Å². The first-order chi connectivity index (χ1) is 11.0. The second kappa shape index (κ2) is 6.59. The van der Waals surface area contributed by atoms with Crippen LogP contribution in [0.4, 0.5) is 0 Å². The second-order valence-corrected chi connectivity index (χ2v) is 8.51. The highest BCUT2D eigenvalue weighted by atomic mass is 32.2. The van der Waals surface area contributed by atoms with Gasteiger partial charge in [0.2, 0.25) is 0 Å². The highest BCUT2D eigenvalue weighted by molar-refractivity contribution is 7.91. The molecule has 1 aliphatic heterocycles. The van der Waals surface area contributed by atoms with Gasteiger partial charge >= 0.3 is 0 Å². The normalized spacial score (nSPS) is 19.0.